The van der Waals surface area contributed by atoms with Gasteiger partial charge in [-0.3, -0.25) is 4.79 Å². The van der Waals surface area contributed by atoms with E-state index in [1.165, 1.54) is 4.90 Å². The Hall–Kier alpha value is -1.39. The van der Waals surface area contributed by atoms with Crippen LogP contribution in [0.1, 0.15) is 26.2 Å². The van der Waals surface area contributed by atoms with Crippen molar-refractivity contribution in [2.45, 2.75) is 31.7 Å². The highest BCUT2D eigenvalue weighted by molar-refractivity contribution is 6.32. The molecule has 3 rings (SSSR count). The number of amides is 1. The molecule has 0 saturated heterocycles. The van der Waals surface area contributed by atoms with Crippen molar-refractivity contribution in [3.63, 3.8) is 0 Å². The van der Waals surface area contributed by atoms with Crippen molar-refractivity contribution in [3.05, 3.63) is 0 Å². The summed E-state index contributed by atoms with van der Waals surface area (Å²) in [5.74, 6) is -0.842. The minimum Gasteiger partial charge on any atom is -0.459 e. The predicted octanol–water partition coefficient (Wildman–Crippen LogP) is 0.129. The Morgan fingerprint density at radius 1 is 1.44 bits per heavy atom. The van der Waals surface area contributed by atoms with Gasteiger partial charge >= 0.3 is 11.9 Å². The average Bonchev–Trinajstić information content (AvgIpc) is 2.11. The first-order valence-electron chi connectivity index (χ1n) is 5.55. The lowest BCUT2D eigenvalue weighted by atomic mass is 9.49. The van der Waals surface area contributed by atoms with Crippen LogP contribution in [0.15, 0.2) is 0 Å². The summed E-state index contributed by atoms with van der Waals surface area (Å²) in [6, 6.07) is 0. The van der Waals surface area contributed by atoms with Gasteiger partial charge in [-0.05, 0) is 32.1 Å². The normalized spacial score (nSPS) is 29.7. The molecule has 3 aliphatic rings. The van der Waals surface area contributed by atoms with Gasteiger partial charge in [0.25, 0.3) is 0 Å². The van der Waals surface area contributed by atoms with Crippen LogP contribution in [0.2, 0.25) is 0 Å². The van der Waals surface area contributed by atoms with E-state index in [4.69, 9.17) is 0 Å². The summed E-state index contributed by atoms with van der Waals surface area (Å²) in [5.41, 5.74) is -0.213. The van der Waals surface area contributed by atoms with E-state index >= 15 is 0 Å². The fourth-order valence-electron chi connectivity index (χ4n) is 2.63. The average molecular weight is 225 g/mol. The van der Waals surface area contributed by atoms with Crippen molar-refractivity contribution in [1.29, 1.82) is 0 Å². The van der Waals surface area contributed by atoms with Crippen LogP contribution in [0, 0.1) is 5.92 Å². The number of carbonyl (C=O) groups excluding carboxylic acids is 3. The minimum atomic E-state index is -0.853. The van der Waals surface area contributed by atoms with Gasteiger partial charge in [0.2, 0.25) is 0 Å². The number of nitrogens with zero attached hydrogens (tertiary/aromatic N) is 1. The largest absolute Gasteiger partial charge is 0.459 e. The van der Waals surface area contributed by atoms with Crippen molar-refractivity contribution in [2.75, 3.05) is 13.2 Å². The van der Waals surface area contributed by atoms with E-state index in [-0.39, 0.29) is 18.7 Å². The summed E-state index contributed by atoms with van der Waals surface area (Å²) in [4.78, 5) is 35.1. The molecule has 0 unspecified atom stereocenters. The quantitative estimate of drug-likeness (QED) is 0.387. The lowest BCUT2D eigenvalue weighted by Gasteiger charge is -2.65. The Balaban J connectivity index is 2.04. The number of carbonyl (C=O) groups is 3. The molecule has 0 aromatic heterocycles. The second-order valence-electron chi connectivity index (χ2n) is 4.51. The zero-order valence-corrected chi connectivity index (χ0v) is 9.27. The zero-order valence-electron chi connectivity index (χ0n) is 9.27. The fraction of sp³-hybridized carbons (Fsp3) is 0.727. The molecule has 0 heterocycles. The van der Waals surface area contributed by atoms with E-state index in [1.54, 1.807) is 6.92 Å². The first-order valence-corrected chi connectivity index (χ1v) is 5.55. The highest BCUT2D eigenvalue weighted by atomic mass is 16.5. The van der Waals surface area contributed by atoms with Crippen molar-refractivity contribution < 1.29 is 19.1 Å². The number of ether oxygens (including phenoxy) is 1. The summed E-state index contributed by atoms with van der Waals surface area (Å²) in [6.45, 7) is 1.82. The summed E-state index contributed by atoms with van der Waals surface area (Å²) in [6.07, 6.45) is 3.43. The van der Waals surface area contributed by atoms with Crippen LogP contribution >= 0.6 is 0 Å². The van der Waals surface area contributed by atoms with Gasteiger partial charge in [-0.1, -0.05) is 0 Å². The van der Waals surface area contributed by atoms with Crippen molar-refractivity contribution in [2.24, 2.45) is 5.92 Å². The Labute approximate surface area is 93.7 Å². The maximum Gasteiger partial charge on any atom is 0.397 e. The molecule has 3 fully saturated rings. The smallest absolute Gasteiger partial charge is 0.397 e. The van der Waals surface area contributed by atoms with Gasteiger partial charge in [-0.2, -0.15) is 0 Å². The Kier molecular flexibility index (Phi) is 2.69. The van der Waals surface area contributed by atoms with E-state index in [2.05, 4.69) is 4.74 Å². The Morgan fingerprint density at radius 2 is 2.06 bits per heavy atom. The van der Waals surface area contributed by atoms with Gasteiger partial charge in [-0.15, -0.1) is 0 Å². The molecule has 16 heavy (non-hydrogen) atoms. The molecule has 0 spiro atoms. The fourth-order valence-corrected chi connectivity index (χ4v) is 2.63. The topological polar surface area (TPSA) is 63.7 Å². The van der Waals surface area contributed by atoms with Crippen LogP contribution in [-0.2, 0) is 19.1 Å². The molecule has 0 N–H and O–H groups in total. The number of rotatable bonds is 4. The third kappa shape index (κ3) is 1.50. The van der Waals surface area contributed by atoms with Crippen LogP contribution in [-0.4, -0.2) is 41.8 Å². The second kappa shape index (κ2) is 3.88. The van der Waals surface area contributed by atoms with Crippen LogP contribution in [0.3, 0.4) is 0 Å². The molecular weight excluding hydrogens is 210 g/mol. The standard InChI is InChI=1S/C11H15NO4/c1-2-16-10(15)9(14)12(3-4-13)11-5-8(6-11)7-11/h4,8H,2-3,5-7H2,1H3. The number of aldehydes is 1. The van der Waals surface area contributed by atoms with Crippen LogP contribution in [0.25, 0.3) is 0 Å². The van der Waals surface area contributed by atoms with Gasteiger partial charge in [0.05, 0.1) is 13.2 Å². The van der Waals surface area contributed by atoms with E-state index in [9.17, 15) is 14.4 Å². The second-order valence-corrected chi connectivity index (χ2v) is 4.51. The van der Waals surface area contributed by atoms with Gasteiger partial charge in [0.15, 0.2) is 0 Å². The summed E-state index contributed by atoms with van der Waals surface area (Å²) >= 11 is 0. The van der Waals surface area contributed by atoms with Crippen molar-refractivity contribution in [3.8, 4) is 0 Å². The van der Waals surface area contributed by atoms with E-state index < -0.39 is 11.9 Å². The maximum atomic E-state index is 11.8. The number of hydrogen-bond acceptors (Lipinski definition) is 4. The SMILES string of the molecule is CCOC(=O)C(=O)N(CC=O)C12CC(C1)C2. The molecule has 0 radical (unpaired) electrons. The van der Waals surface area contributed by atoms with Gasteiger partial charge in [-0.25, -0.2) is 4.79 Å². The molecule has 2 bridgehead atoms. The summed E-state index contributed by atoms with van der Waals surface area (Å²) in [5, 5.41) is 0. The zero-order chi connectivity index (χ0) is 11.8. The van der Waals surface area contributed by atoms with Crippen LogP contribution < -0.4 is 0 Å². The predicted molar refractivity (Wildman–Crippen MR) is 54.5 cm³/mol. The highest BCUT2D eigenvalue weighted by Crippen LogP contribution is 2.60. The molecule has 5 heteroatoms. The monoisotopic (exact) mass is 225 g/mol. The molecule has 0 aromatic rings. The van der Waals surface area contributed by atoms with Crippen molar-refractivity contribution in [1.82, 2.24) is 4.90 Å². The Morgan fingerprint density at radius 3 is 2.44 bits per heavy atom. The number of esters is 1. The molecule has 0 atom stereocenters. The van der Waals surface area contributed by atoms with Gasteiger partial charge < -0.3 is 14.4 Å². The molecule has 0 aromatic carbocycles. The highest BCUT2D eigenvalue weighted by Gasteiger charge is 2.61. The summed E-state index contributed by atoms with van der Waals surface area (Å²) < 4.78 is 4.67. The molecule has 1 amide bonds. The third-order valence-electron chi connectivity index (χ3n) is 3.53. The van der Waals surface area contributed by atoms with E-state index in [0.29, 0.717) is 12.2 Å². The lowest BCUT2D eigenvalue weighted by Crippen LogP contribution is -2.70. The molecule has 0 aliphatic heterocycles. The molecule has 88 valence electrons. The molecule has 3 saturated carbocycles. The third-order valence-corrected chi connectivity index (χ3v) is 3.53. The van der Waals surface area contributed by atoms with E-state index in [0.717, 1.165) is 19.3 Å². The molecular formula is C11H15NO4. The molecule has 3 aliphatic carbocycles. The van der Waals surface area contributed by atoms with Gasteiger partial charge in [0.1, 0.15) is 6.29 Å². The maximum absolute atomic E-state index is 11.8. The van der Waals surface area contributed by atoms with Crippen LogP contribution in [0.5, 0.6) is 0 Å². The minimum absolute atomic E-state index is 0.00956. The molecule has 5 nitrogen and oxygen atoms in total. The van der Waals surface area contributed by atoms with Crippen molar-refractivity contribution >= 4 is 18.2 Å². The lowest BCUT2D eigenvalue weighted by molar-refractivity contribution is -0.183. The Bertz CT molecular complexity index is 322. The van der Waals surface area contributed by atoms with Crippen LogP contribution in [0.4, 0.5) is 0 Å². The summed E-state index contributed by atoms with van der Waals surface area (Å²) in [7, 11) is 0. The number of hydrogen-bond donors (Lipinski definition) is 0. The first kappa shape index (κ1) is 11.1. The van der Waals surface area contributed by atoms with E-state index in [1.807, 2.05) is 0 Å². The van der Waals surface area contributed by atoms with Gasteiger partial charge in [0, 0.05) is 5.54 Å². The first-order chi connectivity index (χ1) is 7.63.